The highest BCUT2D eigenvalue weighted by Crippen LogP contribution is 2.26. The van der Waals surface area contributed by atoms with Gasteiger partial charge < -0.3 is 64.2 Å². The van der Waals surface area contributed by atoms with E-state index in [2.05, 4.69) is 38.2 Å². The van der Waals surface area contributed by atoms with Gasteiger partial charge in [0.1, 0.15) is 55.4 Å². The lowest BCUT2D eigenvalue weighted by Crippen LogP contribution is -2.61. The molecule has 0 aromatic rings. The highest BCUT2D eigenvalue weighted by Gasteiger charge is 2.47. The number of carbonyl (C=O) groups excluding carboxylic acids is 2. The molecule has 0 radical (unpaired) electrons. The van der Waals surface area contributed by atoms with Crippen LogP contribution in [0.5, 0.6) is 0 Å². The van der Waals surface area contributed by atoms with Crippen molar-refractivity contribution in [3.8, 4) is 0 Å². The number of carbonyl (C=O) groups is 2. The van der Waals surface area contributed by atoms with Crippen LogP contribution in [0.25, 0.3) is 0 Å². The maximum Gasteiger partial charge on any atom is 0.306 e. The van der Waals surface area contributed by atoms with Gasteiger partial charge >= 0.3 is 11.9 Å². The standard InChI is InChI=1S/C51H92O15/c1-3-5-7-9-11-13-15-17-19-21-23-25-27-29-31-33-42(53)61-36-39(64-43(54)34-32-30-28-26-24-22-20-18-16-14-12-10-8-6-4-2)37-62-50-49(60)47(58)45(56)41(66-50)38-63-51-48(59)46(57)44(55)40(35-52)65-51/h10,12-13,15,39-41,44-52,55-60H,3-9,11,14,16-38H2,1-2H3/b12-10+,15-13+/t39-,40-,41-,44+,45+,46?,47?,48?,49?,50-,51-/m1/s1. The molecule has 4 unspecified atom stereocenters. The summed E-state index contributed by atoms with van der Waals surface area (Å²) in [6, 6.07) is 0. The molecule has 2 rings (SSSR count). The van der Waals surface area contributed by atoms with Crippen LogP contribution in [-0.4, -0.2) is 142 Å². The Balaban J connectivity index is 1.81. The quantitative estimate of drug-likeness (QED) is 0.0184. The normalized spacial score (nSPS) is 26.3. The summed E-state index contributed by atoms with van der Waals surface area (Å²) in [4.78, 5) is 25.8. The second-order valence-electron chi connectivity index (χ2n) is 18.3. The van der Waals surface area contributed by atoms with E-state index in [-0.39, 0.29) is 26.1 Å². The van der Waals surface area contributed by atoms with E-state index in [1.54, 1.807) is 0 Å². The van der Waals surface area contributed by atoms with Crippen molar-refractivity contribution in [3.63, 3.8) is 0 Å². The number of ether oxygens (including phenoxy) is 6. The molecular weight excluding hydrogens is 853 g/mol. The molecule has 0 aromatic carbocycles. The number of allylic oxidation sites excluding steroid dienone is 4. The number of aliphatic hydroxyl groups excluding tert-OH is 7. The first kappa shape index (κ1) is 60.1. The van der Waals surface area contributed by atoms with Gasteiger partial charge in [0.05, 0.1) is 19.8 Å². The lowest BCUT2D eigenvalue weighted by atomic mass is 9.98. The summed E-state index contributed by atoms with van der Waals surface area (Å²) in [5.74, 6) is -0.928. The summed E-state index contributed by atoms with van der Waals surface area (Å²) in [6.45, 7) is 2.55. The van der Waals surface area contributed by atoms with Crippen molar-refractivity contribution >= 4 is 11.9 Å². The highest BCUT2D eigenvalue weighted by atomic mass is 16.7. The third-order valence-corrected chi connectivity index (χ3v) is 12.4. The van der Waals surface area contributed by atoms with Gasteiger partial charge in [-0.25, -0.2) is 0 Å². The summed E-state index contributed by atoms with van der Waals surface area (Å²) in [5.41, 5.74) is 0. The lowest BCUT2D eigenvalue weighted by molar-refractivity contribution is -0.332. The molecule has 2 aliphatic rings. The van der Waals surface area contributed by atoms with Gasteiger partial charge in [0.2, 0.25) is 0 Å². The van der Waals surface area contributed by atoms with Gasteiger partial charge in [0, 0.05) is 12.8 Å². The van der Waals surface area contributed by atoms with Gasteiger partial charge in [-0.3, -0.25) is 9.59 Å². The molecule has 15 nitrogen and oxygen atoms in total. The SMILES string of the molecule is CCCC/C=C/CCCCCCCCCCCC(=O)O[C@H](COC(=O)CCCCCCCCC/C=C/CCCCCC)CO[C@@H]1O[C@H](CO[C@@H]2O[C@H](CO)[C@H](O)C(O)C2O)[C@H](O)C(O)C1O. The fourth-order valence-corrected chi connectivity index (χ4v) is 8.07. The van der Waals surface area contributed by atoms with E-state index in [0.717, 1.165) is 51.4 Å². The number of aliphatic hydroxyl groups is 7. The topological polar surface area (TPSA) is 231 Å². The molecule has 0 aliphatic carbocycles. The molecule has 2 heterocycles. The van der Waals surface area contributed by atoms with E-state index >= 15 is 0 Å². The van der Waals surface area contributed by atoms with Gasteiger partial charge in [-0.1, -0.05) is 147 Å². The number of esters is 2. The summed E-state index contributed by atoms with van der Waals surface area (Å²) in [5, 5.41) is 72.1. The van der Waals surface area contributed by atoms with Crippen LogP contribution in [0.15, 0.2) is 24.3 Å². The number of hydrogen-bond donors (Lipinski definition) is 7. The summed E-state index contributed by atoms with van der Waals surface area (Å²) >= 11 is 0. The fourth-order valence-electron chi connectivity index (χ4n) is 8.07. The summed E-state index contributed by atoms with van der Waals surface area (Å²) < 4.78 is 33.6. The molecule has 0 spiro atoms. The smallest absolute Gasteiger partial charge is 0.306 e. The molecule has 2 aliphatic heterocycles. The van der Waals surface area contributed by atoms with Gasteiger partial charge in [-0.05, 0) is 57.8 Å². The highest BCUT2D eigenvalue weighted by molar-refractivity contribution is 5.70. The van der Waals surface area contributed by atoms with E-state index in [9.17, 15) is 45.3 Å². The zero-order valence-corrected chi connectivity index (χ0v) is 40.7. The van der Waals surface area contributed by atoms with Crippen molar-refractivity contribution in [1.29, 1.82) is 0 Å². The molecule has 0 aromatic heterocycles. The Bertz CT molecular complexity index is 1250. The minimum absolute atomic E-state index is 0.164. The van der Waals surface area contributed by atoms with E-state index in [4.69, 9.17) is 28.4 Å². The Morgan fingerprint density at radius 3 is 1.38 bits per heavy atom. The first-order chi connectivity index (χ1) is 32.0. The van der Waals surface area contributed by atoms with E-state index in [0.29, 0.717) is 12.8 Å². The molecule has 386 valence electrons. The third-order valence-electron chi connectivity index (χ3n) is 12.4. The van der Waals surface area contributed by atoms with Gasteiger partial charge in [-0.2, -0.15) is 0 Å². The zero-order valence-electron chi connectivity index (χ0n) is 40.7. The maximum absolute atomic E-state index is 13.0. The third kappa shape index (κ3) is 26.7. The van der Waals surface area contributed by atoms with Gasteiger partial charge in [0.15, 0.2) is 18.7 Å². The van der Waals surface area contributed by atoms with Crippen LogP contribution in [0.3, 0.4) is 0 Å². The fraction of sp³-hybridized carbons (Fsp3) is 0.882. The van der Waals surface area contributed by atoms with Crippen LogP contribution in [0, 0.1) is 0 Å². The van der Waals surface area contributed by atoms with Crippen LogP contribution < -0.4 is 0 Å². The van der Waals surface area contributed by atoms with E-state index in [1.807, 2.05) is 0 Å². The Morgan fingerprint density at radius 1 is 0.470 bits per heavy atom. The van der Waals surface area contributed by atoms with Crippen molar-refractivity contribution < 1.29 is 73.8 Å². The molecule has 2 saturated heterocycles. The Hall–Kier alpha value is -2.02. The van der Waals surface area contributed by atoms with Crippen molar-refractivity contribution in [1.82, 2.24) is 0 Å². The second-order valence-corrected chi connectivity index (χ2v) is 18.3. The minimum Gasteiger partial charge on any atom is -0.462 e. The molecule has 2 fully saturated rings. The Kier molecular flexibility index (Phi) is 35.3. The molecule has 0 bridgehead atoms. The lowest BCUT2D eigenvalue weighted by Gasteiger charge is -2.42. The predicted molar refractivity (Wildman–Crippen MR) is 252 cm³/mol. The van der Waals surface area contributed by atoms with Crippen molar-refractivity contribution in [2.45, 2.75) is 261 Å². The van der Waals surface area contributed by atoms with Crippen LogP contribution in [0.1, 0.15) is 194 Å². The summed E-state index contributed by atoms with van der Waals surface area (Å²) in [6.07, 6.45) is 22.0. The molecule has 7 N–H and O–H groups in total. The molecule has 11 atom stereocenters. The van der Waals surface area contributed by atoms with Crippen molar-refractivity contribution in [2.75, 3.05) is 26.4 Å². The van der Waals surface area contributed by atoms with Gasteiger partial charge in [-0.15, -0.1) is 0 Å². The van der Waals surface area contributed by atoms with Crippen LogP contribution in [0.2, 0.25) is 0 Å². The average Bonchev–Trinajstić information content (AvgIpc) is 3.31. The predicted octanol–water partition coefficient (Wildman–Crippen LogP) is 7.16. The molecule has 0 amide bonds. The molecular formula is C51H92O15. The van der Waals surface area contributed by atoms with Crippen molar-refractivity contribution in [3.05, 3.63) is 24.3 Å². The number of hydrogen-bond acceptors (Lipinski definition) is 15. The molecule has 0 saturated carbocycles. The van der Waals surface area contributed by atoms with Crippen LogP contribution >= 0.6 is 0 Å². The molecule has 15 heteroatoms. The Labute approximate surface area is 396 Å². The number of rotatable bonds is 40. The van der Waals surface area contributed by atoms with Crippen LogP contribution in [-0.2, 0) is 38.0 Å². The summed E-state index contributed by atoms with van der Waals surface area (Å²) in [7, 11) is 0. The van der Waals surface area contributed by atoms with E-state index < -0.39 is 92.7 Å². The van der Waals surface area contributed by atoms with E-state index in [1.165, 1.54) is 103 Å². The Morgan fingerprint density at radius 2 is 0.879 bits per heavy atom. The largest absolute Gasteiger partial charge is 0.462 e. The molecule has 66 heavy (non-hydrogen) atoms. The first-order valence-corrected chi connectivity index (χ1v) is 25.9. The monoisotopic (exact) mass is 945 g/mol. The second kappa shape index (κ2) is 38.8. The zero-order chi connectivity index (χ0) is 48.2. The number of unbranched alkanes of at least 4 members (excludes halogenated alkanes) is 22. The maximum atomic E-state index is 13.0. The van der Waals surface area contributed by atoms with Gasteiger partial charge in [0.25, 0.3) is 0 Å². The van der Waals surface area contributed by atoms with Crippen molar-refractivity contribution in [2.24, 2.45) is 0 Å². The van der Waals surface area contributed by atoms with Crippen LogP contribution in [0.4, 0.5) is 0 Å². The average molecular weight is 945 g/mol. The minimum atomic E-state index is -1.76. The first-order valence-electron chi connectivity index (χ1n) is 25.9.